The van der Waals surface area contributed by atoms with E-state index < -0.39 is 15.6 Å². The SMILES string of the molecule is CC(C)C(C)(CN)NC(=O)CCNS(=O)(=O)c1ccc2ccccc2c1.Cl. The summed E-state index contributed by atoms with van der Waals surface area (Å²) in [4.78, 5) is 12.3. The Morgan fingerprint density at radius 3 is 2.37 bits per heavy atom. The van der Waals surface area contributed by atoms with E-state index in [2.05, 4.69) is 10.0 Å². The summed E-state index contributed by atoms with van der Waals surface area (Å²) < 4.78 is 27.4. The summed E-state index contributed by atoms with van der Waals surface area (Å²) in [6.45, 7) is 6.19. The molecule has 0 aliphatic rings. The van der Waals surface area contributed by atoms with Crippen molar-refractivity contribution in [2.24, 2.45) is 11.7 Å². The number of fused-ring (bicyclic) bond motifs is 1. The van der Waals surface area contributed by atoms with Crippen LogP contribution in [0.1, 0.15) is 27.2 Å². The van der Waals surface area contributed by atoms with Gasteiger partial charge in [0.15, 0.2) is 0 Å². The number of hydrogen-bond acceptors (Lipinski definition) is 4. The molecule has 27 heavy (non-hydrogen) atoms. The quantitative estimate of drug-likeness (QED) is 0.618. The Labute approximate surface area is 167 Å². The normalized spacial score (nSPS) is 13.8. The molecule has 1 amide bonds. The molecule has 1 atom stereocenters. The molecule has 0 saturated heterocycles. The summed E-state index contributed by atoms with van der Waals surface area (Å²) in [7, 11) is -3.67. The van der Waals surface area contributed by atoms with Crippen LogP contribution in [0.4, 0.5) is 0 Å². The summed E-state index contributed by atoms with van der Waals surface area (Å²) >= 11 is 0. The van der Waals surface area contributed by atoms with E-state index in [-0.39, 0.29) is 42.1 Å². The number of sulfonamides is 1. The first-order valence-electron chi connectivity index (χ1n) is 8.67. The number of nitrogens with two attached hydrogens (primary N) is 1. The topological polar surface area (TPSA) is 101 Å². The molecule has 0 bridgehead atoms. The second-order valence-corrected chi connectivity index (χ2v) is 8.75. The van der Waals surface area contributed by atoms with Gasteiger partial charge >= 0.3 is 0 Å². The maximum Gasteiger partial charge on any atom is 0.240 e. The molecule has 0 saturated carbocycles. The largest absolute Gasteiger partial charge is 0.349 e. The number of carbonyl (C=O) groups excluding carboxylic acids is 1. The summed E-state index contributed by atoms with van der Waals surface area (Å²) in [6.07, 6.45) is 0.0507. The number of carbonyl (C=O) groups is 1. The Bertz CT molecular complexity index is 887. The van der Waals surface area contributed by atoms with Crippen molar-refractivity contribution in [2.75, 3.05) is 13.1 Å². The van der Waals surface area contributed by atoms with Gasteiger partial charge in [-0.05, 0) is 35.7 Å². The Morgan fingerprint density at radius 2 is 1.78 bits per heavy atom. The molecular weight excluding hydrogens is 386 g/mol. The number of halogens is 1. The Morgan fingerprint density at radius 1 is 1.15 bits per heavy atom. The van der Waals surface area contributed by atoms with Gasteiger partial charge in [0.05, 0.1) is 10.4 Å². The van der Waals surface area contributed by atoms with E-state index in [0.29, 0.717) is 6.54 Å². The highest BCUT2D eigenvalue weighted by Gasteiger charge is 2.28. The summed E-state index contributed by atoms with van der Waals surface area (Å²) in [5.74, 6) is -0.0568. The molecule has 2 aromatic rings. The highest BCUT2D eigenvalue weighted by molar-refractivity contribution is 7.89. The average Bonchev–Trinajstić information content (AvgIpc) is 2.60. The van der Waals surface area contributed by atoms with Crippen molar-refractivity contribution in [3.05, 3.63) is 42.5 Å². The smallest absolute Gasteiger partial charge is 0.240 e. The predicted octanol–water partition coefficient (Wildman–Crippen LogP) is 2.42. The van der Waals surface area contributed by atoms with Crippen LogP contribution in [0.5, 0.6) is 0 Å². The van der Waals surface area contributed by atoms with E-state index in [1.54, 1.807) is 18.2 Å². The van der Waals surface area contributed by atoms with Crippen LogP contribution in [-0.4, -0.2) is 33.0 Å². The second-order valence-electron chi connectivity index (χ2n) is 6.98. The van der Waals surface area contributed by atoms with Crippen LogP contribution in [0.2, 0.25) is 0 Å². The van der Waals surface area contributed by atoms with Gasteiger partial charge < -0.3 is 11.1 Å². The van der Waals surface area contributed by atoms with Crippen molar-refractivity contribution < 1.29 is 13.2 Å². The molecule has 0 aromatic heterocycles. The van der Waals surface area contributed by atoms with Crippen molar-refractivity contribution in [3.63, 3.8) is 0 Å². The van der Waals surface area contributed by atoms with E-state index >= 15 is 0 Å². The van der Waals surface area contributed by atoms with E-state index in [4.69, 9.17) is 5.73 Å². The van der Waals surface area contributed by atoms with Gasteiger partial charge in [0.1, 0.15) is 0 Å². The molecule has 0 aliphatic carbocycles. The van der Waals surface area contributed by atoms with E-state index in [0.717, 1.165) is 10.8 Å². The summed E-state index contributed by atoms with van der Waals surface area (Å²) in [5.41, 5.74) is 5.24. The van der Waals surface area contributed by atoms with Crippen LogP contribution >= 0.6 is 12.4 Å². The highest BCUT2D eigenvalue weighted by Crippen LogP contribution is 2.19. The monoisotopic (exact) mass is 413 g/mol. The van der Waals surface area contributed by atoms with Gasteiger partial charge in [-0.15, -0.1) is 12.4 Å². The van der Waals surface area contributed by atoms with Crippen LogP contribution in [-0.2, 0) is 14.8 Å². The lowest BCUT2D eigenvalue weighted by Gasteiger charge is -2.33. The van der Waals surface area contributed by atoms with Gasteiger partial charge in [0.25, 0.3) is 0 Å². The standard InChI is InChI=1S/C19H27N3O3S.ClH/c1-14(2)19(3,13-20)22-18(23)10-11-21-26(24,25)17-9-8-15-6-4-5-7-16(15)12-17;/h4-9,12,14,21H,10-11,13,20H2,1-3H3,(H,22,23);1H. The lowest BCUT2D eigenvalue weighted by atomic mass is 9.88. The fourth-order valence-corrected chi connectivity index (χ4v) is 3.60. The molecule has 150 valence electrons. The molecular formula is C19H28ClN3O3S. The zero-order valence-corrected chi connectivity index (χ0v) is 17.5. The van der Waals surface area contributed by atoms with Crippen molar-refractivity contribution in [3.8, 4) is 0 Å². The third kappa shape index (κ3) is 5.90. The van der Waals surface area contributed by atoms with Crippen molar-refractivity contribution >= 4 is 39.1 Å². The minimum atomic E-state index is -3.67. The third-order valence-electron chi connectivity index (χ3n) is 4.80. The predicted molar refractivity (Wildman–Crippen MR) is 111 cm³/mol. The minimum absolute atomic E-state index is 0. The third-order valence-corrected chi connectivity index (χ3v) is 6.26. The first-order valence-corrected chi connectivity index (χ1v) is 10.2. The second kappa shape index (κ2) is 9.50. The number of hydrogen-bond donors (Lipinski definition) is 3. The lowest BCUT2D eigenvalue weighted by molar-refractivity contribution is -0.123. The van der Waals surface area contributed by atoms with Crippen molar-refractivity contribution in [1.29, 1.82) is 0 Å². The first kappa shape index (κ1) is 23.4. The van der Waals surface area contributed by atoms with Gasteiger partial charge in [-0.2, -0.15) is 0 Å². The zero-order chi connectivity index (χ0) is 19.4. The van der Waals surface area contributed by atoms with Crippen LogP contribution in [0, 0.1) is 5.92 Å². The molecule has 0 fully saturated rings. The Balaban J connectivity index is 0.00000364. The summed E-state index contributed by atoms with van der Waals surface area (Å²) in [5, 5.41) is 4.72. The Hall–Kier alpha value is -1.67. The average molecular weight is 414 g/mol. The van der Waals surface area contributed by atoms with Gasteiger partial charge in [-0.25, -0.2) is 13.1 Å². The van der Waals surface area contributed by atoms with Gasteiger partial charge in [-0.1, -0.05) is 44.2 Å². The Kier molecular flexibility index (Phi) is 8.23. The molecule has 1 unspecified atom stereocenters. The van der Waals surface area contributed by atoms with E-state index in [9.17, 15) is 13.2 Å². The van der Waals surface area contributed by atoms with Crippen LogP contribution in [0.25, 0.3) is 10.8 Å². The van der Waals surface area contributed by atoms with E-state index in [1.165, 1.54) is 0 Å². The van der Waals surface area contributed by atoms with Crippen molar-refractivity contribution in [2.45, 2.75) is 37.6 Å². The highest BCUT2D eigenvalue weighted by atomic mass is 35.5. The van der Waals surface area contributed by atoms with Gasteiger partial charge in [0.2, 0.25) is 15.9 Å². The zero-order valence-electron chi connectivity index (χ0n) is 15.9. The van der Waals surface area contributed by atoms with Gasteiger partial charge in [0, 0.05) is 19.5 Å². The van der Waals surface area contributed by atoms with E-state index in [1.807, 2.05) is 45.0 Å². The van der Waals surface area contributed by atoms with Crippen LogP contribution in [0.15, 0.2) is 47.4 Å². The maximum absolute atomic E-state index is 12.4. The van der Waals surface area contributed by atoms with Crippen LogP contribution < -0.4 is 15.8 Å². The molecule has 4 N–H and O–H groups in total. The minimum Gasteiger partial charge on any atom is -0.349 e. The summed E-state index contributed by atoms with van der Waals surface area (Å²) in [6, 6.07) is 12.5. The first-order chi connectivity index (χ1) is 12.2. The van der Waals surface area contributed by atoms with Crippen LogP contribution in [0.3, 0.4) is 0 Å². The molecule has 2 aromatic carbocycles. The van der Waals surface area contributed by atoms with Crippen molar-refractivity contribution in [1.82, 2.24) is 10.0 Å². The molecule has 2 rings (SSSR count). The molecule has 0 aliphatic heterocycles. The fraction of sp³-hybridized carbons (Fsp3) is 0.421. The number of amides is 1. The number of benzene rings is 2. The fourth-order valence-electron chi connectivity index (χ4n) is 2.53. The molecule has 0 radical (unpaired) electrons. The lowest BCUT2D eigenvalue weighted by Crippen LogP contribution is -2.55. The number of nitrogens with one attached hydrogen (secondary N) is 2. The maximum atomic E-state index is 12.4. The molecule has 8 heteroatoms. The number of rotatable bonds is 8. The molecule has 0 heterocycles. The van der Waals surface area contributed by atoms with Gasteiger partial charge in [-0.3, -0.25) is 4.79 Å². The molecule has 6 nitrogen and oxygen atoms in total. The molecule has 0 spiro atoms.